The Hall–Kier alpha value is -2.09. The van der Waals surface area contributed by atoms with Crippen molar-refractivity contribution in [2.75, 3.05) is 14.2 Å². The summed E-state index contributed by atoms with van der Waals surface area (Å²) in [6, 6.07) is 11.0. The van der Waals surface area contributed by atoms with Crippen molar-refractivity contribution < 1.29 is 22.7 Å². The highest BCUT2D eigenvalue weighted by Crippen LogP contribution is 2.25. The first-order valence-electron chi connectivity index (χ1n) is 6.91. The predicted molar refractivity (Wildman–Crippen MR) is 89.8 cm³/mol. The lowest BCUT2D eigenvalue weighted by molar-refractivity contribution is 0.0472. The van der Waals surface area contributed by atoms with Crippen LogP contribution in [0.3, 0.4) is 0 Å². The summed E-state index contributed by atoms with van der Waals surface area (Å²) >= 11 is 6.00. The van der Waals surface area contributed by atoms with Crippen molar-refractivity contribution in [2.45, 2.75) is 11.5 Å². The maximum absolute atomic E-state index is 12.2. The van der Waals surface area contributed by atoms with Gasteiger partial charge in [0.1, 0.15) is 17.3 Å². The molecular formula is C16H16ClNO5S. The van der Waals surface area contributed by atoms with E-state index in [0.717, 1.165) is 0 Å². The van der Waals surface area contributed by atoms with E-state index in [2.05, 4.69) is 4.72 Å². The molecule has 0 saturated carbocycles. The number of esters is 1. The average molecular weight is 370 g/mol. The van der Waals surface area contributed by atoms with Gasteiger partial charge in [-0.1, -0.05) is 29.8 Å². The first kappa shape index (κ1) is 18.3. The molecule has 0 aliphatic heterocycles. The monoisotopic (exact) mass is 369 g/mol. The van der Waals surface area contributed by atoms with Crippen molar-refractivity contribution in [1.82, 2.24) is 4.72 Å². The van der Waals surface area contributed by atoms with E-state index in [1.807, 2.05) is 0 Å². The zero-order valence-electron chi connectivity index (χ0n) is 13.1. The molecule has 0 spiro atoms. The highest BCUT2D eigenvalue weighted by atomic mass is 35.5. The number of hydrogen-bond donors (Lipinski definition) is 1. The molecule has 128 valence electrons. The molecule has 2 rings (SSSR count). The minimum absolute atomic E-state index is 0.0152. The number of hydrogen-bond acceptors (Lipinski definition) is 5. The summed E-state index contributed by atoms with van der Waals surface area (Å²) in [6.07, 6.45) is 0. The van der Waals surface area contributed by atoms with Gasteiger partial charge in [0.2, 0.25) is 10.0 Å². The van der Waals surface area contributed by atoms with E-state index < -0.39 is 16.0 Å². The van der Waals surface area contributed by atoms with Crippen LogP contribution in [-0.4, -0.2) is 28.5 Å². The molecule has 0 fully saturated rings. The lowest BCUT2D eigenvalue weighted by atomic mass is 10.2. The van der Waals surface area contributed by atoms with Gasteiger partial charge in [0.05, 0.1) is 12.7 Å². The van der Waals surface area contributed by atoms with Crippen LogP contribution in [0.2, 0.25) is 5.02 Å². The molecule has 24 heavy (non-hydrogen) atoms. The van der Waals surface area contributed by atoms with Crippen LogP contribution < -0.4 is 9.46 Å². The van der Waals surface area contributed by atoms with Crippen LogP contribution in [0.4, 0.5) is 0 Å². The lowest BCUT2D eigenvalue weighted by Gasteiger charge is -2.11. The van der Waals surface area contributed by atoms with Crippen molar-refractivity contribution in [3.8, 4) is 5.75 Å². The number of carbonyl (C=O) groups is 1. The number of methoxy groups -OCH3 is 1. The van der Waals surface area contributed by atoms with Crippen LogP contribution in [0.25, 0.3) is 0 Å². The number of benzene rings is 2. The minimum atomic E-state index is -3.77. The van der Waals surface area contributed by atoms with Gasteiger partial charge in [0.25, 0.3) is 0 Å². The van der Waals surface area contributed by atoms with E-state index in [4.69, 9.17) is 21.1 Å². The Morgan fingerprint density at radius 1 is 1.21 bits per heavy atom. The highest BCUT2D eigenvalue weighted by Gasteiger charge is 2.20. The predicted octanol–water partition coefficient (Wildman–Crippen LogP) is 2.61. The van der Waals surface area contributed by atoms with Gasteiger partial charge in [0, 0.05) is 10.6 Å². The summed E-state index contributed by atoms with van der Waals surface area (Å²) in [5.74, 6) is -0.530. The summed E-state index contributed by atoms with van der Waals surface area (Å²) in [5.41, 5.74) is 0.751. The Bertz CT molecular complexity index is 851. The Balaban J connectivity index is 2.24. The van der Waals surface area contributed by atoms with Gasteiger partial charge in [-0.2, -0.15) is 0 Å². The molecule has 2 aromatic rings. The van der Waals surface area contributed by atoms with Gasteiger partial charge >= 0.3 is 5.97 Å². The number of rotatable bonds is 6. The van der Waals surface area contributed by atoms with Gasteiger partial charge in [0.15, 0.2) is 0 Å². The largest absolute Gasteiger partial charge is 0.495 e. The third-order valence-corrected chi connectivity index (χ3v) is 5.08. The van der Waals surface area contributed by atoms with E-state index in [-0.39, 0.29) is 22.8 Å². The molecule has 0 aliphatic rings. The van der Waals surface area contributed by atoms with Crippen LogP contribution >= 0.6 is 11.6 Å². The smallest absolute Gasteiger partial charge is 0.338 e. The quantitative estimate of drug-likeness (QED) is 0.791. The second-order valence-corrected chi connectivity index (χ2v) is 7.00. The fraction of sp³-hybridized carbons (Fsp3) is 0.188. The first-order chi connectivity index (χ1) is 11.4. The van der Waals surface area contributed by atoms with Crippen LogP contribution in [0.5, 0.6) is 5.75 Å². The van der Waals surface area contributed by atoms with Crippen molar-refractivity contribution in [3.63, 3.8) is 0 Å². The summed E-state index contributed by atoms with van der Waals surface area (Å²) in [7, 11) is -1.15. The normalized spacial score (nSPS) is 11.1. The number of nitrogens with one attached hydrogen (secondary N) is 1. The van der Waals surface area contributed by atoms with Crippen LogP contribution in [0, 0.1) is 0 Å². The fourth-order valence-corrected chi connectivity index (χ4v) is 3.07. The Kier molecular flexibility index (Phi) is 5.82. The third kappa shape index (κ3) is 4.05. The molecule has 8 heteroatoms. The lowest BCUT2D eigenvalue weighted by Crippen LogP contribution is -2.20. The molecule has 1 N–H and O–H groups in total. The maximum Gasteiger partial charge on any atom is 0.338 e. The van der Waals surface area contributed by atoms with E-state index in [1.165, 1.54) is 32.4 Å². The van der Waals surface area contributed by atoms with Gasteiger partial charge < -0.3 is 9.47 Å². The second-order valence-electron chi connectivity index (χ2n) is 4.74. The Morgan fingerprint density at radius 2 is 1.92 bits per heavy atom. The summed E-state index contributed by atoms with van der Waals surface area (Å²) in [4.78, 5) is 12.0. The zero-order valence-corrected chi connectivity index (χ0v) is 14.6. The number of halogens is 1. The standard InChI is InChI=1S/C16H16ClNO5S/c1-18-24(20,21)15-9-11(7-8-14(15)22-2)16(19)23-10-12-5-3-4-6-13(12)17/h3-9,18H,10H2,1-2H3. The van der Waals surface area contributed by atoms with Crippen molar-refractivity contribution >= 4 is 27.6 Å². The number of ether oxygens (including phenoxy) is 2. The van der Waals surface area contributed by atoms with E-state index in [0.29, 0.717) is 10.6 Å². The molecule has 0 heterocycles. The molecule has 0 aliphatic carbocycles. The van der Waals surface area contributed by atoms with Crippen LogP contribution in [-0.2, 0) is 21.4 Å². The average Bonchev–Trinajstić information content (AvgIpc) is 2.60. The Morgan fingerprint density at radius 3 is 2.54 bits per heavy atom. The molecule has 0 radical (unpaired) electrons. The fourth-order valence-electron chi connectivity index (χ4n) is 1.97. The molecule has 0 unspecified atom stereocenters. The summed E-state index contributed by atoms with van der Waals surface area (Å²) in [6.45, 7) is -0.0152. The van der Waals surface area contributed by atoms with Gasteiger partial charge in [-0.3, -0.25) is 0 Å². The molecule has 6 nitrogen and oxygen atoms in total. The highest BCUT2D eigenvalue weighted by molar-refractivity contribution is 7.89. The molecule has 0 saturated heterocycles. The van der Waals surface area contributed by atoms with Gasteiger partial charge in [-0.15, -0.1) is 0 Å². The topological polar surface area (TPSA) is 81.7 Å². The van der Waals surface area contributed by atoms with Gasteiger partial charge in [-0.25, -0.2) is 17.9 Å². The van der Waals surface area contributed by atoms with Crippen molar-refractivity contribution in [1.29, 1.82) is 0 Å². The Labute approximate surface area is 145 Å². The first-order valence-corrected chi connectivity index (χ1v) is 8.77. The zero-order chi connectivity index (χ0) is 17.7. The van der Waals surface area contributed by atoms with E-state index in [9.17, 15) is 13.2 Å². The van der Waals surface area contributed by atoms with E-state index in [1.54, 1.807) is 24.3 Å². The summed E-state index contributed by atoms with van der Waals surface area (Å²) in [5, 5.41) is 0.485. The summed E-state index contributed by atoms with van der Waals surface area (Å²) < 4.78 is 36.4. The SMILES string of the molecule is CNS(=O)(=O)c1cc(C(=O)OCc2ccccc2Cl)ccc1OC. The molecular weight excluding hydrogens is 354 g/mol. The molecule has 0 aromatic heterocycles. The third-order valence-electron chi connectivity index (χ3n) is 3.27. The second kappa shape index (κ2) is 7.65. The maximum atomic E-state index is 12.2. The van der Waals surface area contributed by atoms with Crippen LogP contribution in [0.1, 0.15) is 15.9 Å². The minimum Gasteiger partial charge on any atom is -0.495 e. The van der Waals surface area contributed by atoms with Crippen molar-refractivity contribution in [3.05, 3.63) is 58.6 Å². The molecule has 0 atom stereocenters. The number of carbonyl (C=O) groups excluding carboxylic acids is 1. The van der Waals surface area contributed by atoms with Crippen molar-refractivity contribution in [2.24, 2.45) is 0 Å². The van der Waals surface area contributed by atoms with Crippen LogP contribution in [0.15, 0.2) is 47.4 Å². The van der Waals surface area contributed by atoms with E-state index >= 15 is 0 Å². The molecule has 2 aromatic carbocycles. The number of sulfonamides is 1. The van der Waals surface area contributed by atoms with Gasteiger partial charge in [-0.05, 0) is 31.3 Å². The molecule has 0 amide bonds. The molecule has 0 bridgehead atoms.